The van der Waals surface area contributed by atoms with E-state index in [0.717, 1.165) is 37.2 Å². The van der Waals surface area contributed by atoms with Gasteiger partial charge in [0.1, 0.15) is 6.61 Å². The van der Waals surface area contributed by atoms with Crippen LogP contribution in [0.25, 0.3) is 0 Å². The minimum absolute atomic E-state index is 0.463. The van der Waals surface area contributed by atoms with E-state index in [0.29, 0.717) is 23.1 Å². The Labute approximate surface area is 162 Å². The molecular formula is C21H29ClN2O2. The van der Waals surface area contributed by atoms with Gasteiger partial charge in [-0.2, -0.15) is 0 Å². The number of benzene rings is 2. The minimum atomic E-state index is 0.463. The van der Waals surface area contributed by atoms with Gasteiger partial charge in [0.2, 0.25) is 0 Å². The van der Waals surface area contributed by atoms with E-state index in [4.69, 9.17) is 21.1 Å². The summed E-state index contributed by atoms with van der Waals surface area (Å²) in [5.41, 5.74) is 3.42. The largest absolute Gasteiger partial charge is 0.493 e. The summed E-state index contributed by atoms with van der Waals surface area (Å²) in [5, 5.41) is 4.01. The van der Waals surface area contributed by atoms with Crippen LogP contribution in [0.4, 0.5) is 0 Å². The molecule has 0 radical (unpaired) electrons. The van der Waals surface area contributed by atoms with E-state index < -0.39 is 0 Å². The molecule has 0 aromatic heterocycles. The molecule has 5 heteroatoms. The third kappa shape index (κ3) is 6.20. The van der Waals surface area contributed by atoms with Crippen molar-refractivity contribution in [2.75, 3.05) is 34.3 Å². The van der Waals surface area contributed by atoms with E-state index in [1.165, 1.54) is 5.56 Å². The number of aryl methyl sites for hydroxylation is 1. The molecule has 0 unspecified atom stereocenters. The highest BCUT2D eigenvalue weighted by Crippen LogP contribution is 2.37. The fourth-order valence-corrected chi connectivity index (χ4v) is 2.98. The van der Waals surface area contributed by atoms with Gasteiger partial charge in [-0.15, -0.1) is 0 Å². The lowest BCUT2D eigenvalue weighted by Crippen LogP contribution is -2.21. The van der Waals surface area contributed by atoms with E-state index in [1.54, 1.807) is 7.11 Å². The average Bonchev–Trinajstić information content (AvgIpc) is 2.61. The standard InChI is InChI=1S/C21H29ClN2O2/c1-16-8-5-6-9-18(16)15-26-21-19(22)12-17(13-20(21)25-4)14-23-10-7-11-24(2)3/h5-6,8-9,12-13,23H,7,10-11,14-15H2,1-4H3. The SMILES string of the molecule is COc1cc(CNCCCN(C)C)cc(Cl)c1OCc1ccccc1C. The third-order valence-electron chi connectivity index (χ3n) is 4.21. The van der Waals surface area contributed by atoms with Gasteiger partial charge >= 0.3 is 0 Å². The maximum absolute atomic E-state index is 6.46. The smallest absolute Gasteiger partial charge is 0.180 e. The minimum Gasteiger partial charge on any atom is -0.493 e. The number of rotatable bonds is 10. The van der Waals surface area contributed by atoms with Gasteiger partial charge in [-0.25, -0.2) is 0 Å². The van der Waals surface area contributed by atoms with Crippen molar-refractivity contribution in [2.45, 2.75) is 26.5 Å². The summed E-state index contributed by atoms with van der Waals surface area (Å²) in [5.74, 6) is 1.25. The van der Waals surface area contributed by atoms with Gasteiger partial charge in [0.25, 0.3) is 0 Å². The summed E-state index contributed by atoms with van der Waals surface area (Å²) >= 11 is 6.46. The Morgan fingerprint density at radius 3 is 2.62 bits per heavy atom. The Morgan fingerprint density at radius 2 is 1.92 bits per heavy atom. The maximum Gasteiger partial charge on any atom is 0.180 e. The first-order valence-corrected chi connectivity index (χ1v) is 9.28. The molecule has 4 nitrogen and oxygen atoms in total. The molecule has 0 spiro atoms. The van der Waals surface area contributed by atoms with Crippen LogP contribution in [-0.2, 0) is 13.2 Å². The number of methoxy groups -OCH3 is 1. The second-order valence-electron chi connectivity index (χ2n) is 6.66. The normalized spacial score (nSPS) is 11.0. The topological polar surface area (TPSA) is 33.7 Å². The van der Waals surface area contributed by atoms with Crippen LogP contribution in [0.2, 0.25) is 5.02 Å². The molecule has 26 heavy (non-hydrogen) atoms. The lowest BCUT2D eigenvalue weighted by molar-refractivity contribution is 0.284. The molecule has 142 valence electrons. The van der Waals surface area contributed by atoms with Crippen LogP contribution in [0.15, 0.2) is 36.4 Å². The van der Waals surface area contributed by atoms with Gasteiger partial charge in [0, 0.05) is 6.54 Å². The highest BCUT2D eigenvalue weighted by Gasteiger charge is 2.13. The highest BCUT2D eigenvalue weighted by molar-refractivity contribution is 6.32. The van der Waals surface area contributed by atoms with Gasteiger partial charge in [0.05, 0.1) is 12.1 Å². The van der Waals surface area contributed by atoms with E-state index in [9.17, 15) is 0 Å². The first kappa shape index (κ1) is 20.6. The molecule has 2 rings (SSSR count). The van der Waals surface area contributed by atoms with E-state index in [2.05, 4.69) is 43.4 Å². The molecular weight excluding hydrogens is 348 g/mol. The number of hydrogen-bond acceptors (Lipinski definition) is 4. The Balaban J connectivity index is 1.98. The molecule has 0 saturated carbocycles. The number of nitrogens with one attached hydrogen (secondary N) is 1. The van der Waals surface area contributed by atoms with E-state index >= 15 is 0 Å². The van der Waals surface area contributed by atoms with Gasteiger partial charge in [-0.05, 0) is 69.4 Å². The molecule has 0 amide bonds. The van der Waals surface area contributed by atoms with Crippen molar-refractivity contribution < 1.29 is 9.47 Å². The van der Waals surface area contributed by atoms with Crippen LogP contribution in [0, 0.1) is 6.92 Å². The predicted molar refractivity (Wildman–Crippen MR) is 108 cm³/mol. The fraction of sp³-hybridized carbons (Fsp3) is 0.429. The molecule has 2 aromatic carbocycles. The van der Waals surface area contributed by atoms with Crippen LogP contribution in [0.5, 0.6) is 11.5 Å². The Hall–Kier alpha value is -1.75. The molecule has 0 fully saturated rings. The maximum atomic E-state index is 6.46. The molecule has 0 saturated heterocycles. The van der Waals surface area contributed by atoms with Gasteiger partial charge in [-0.3, -0.25) is 0 Å². The summed E-state index contributed by atoms with van der Waals surface area (Å²) < 4.78 is 11.5. The first-order valence-electron chi connectivity index (χ1n) is 8.90. The van der Waals surface area contributed by atoms with Crippen molar-refractivity contribution in [2.24, 2.45) is 0 Å². The van der Waals surface area contributed by atoms with Gasteiger partial charge in [0.15, 0.2) is 11.5 Å². The Bertz CT molecular complexity index is 704. The van der Waals surface area contributed by atoms with Crippen LogP contribution in [0.1, 0.15) is 23.1 Å². The van der Waals surface area contributed by atoms with Crippen LogP contribution in [0.3, 0.4) is 0 Å². The summed E-state index contributed by atoms with van der Waals surface area (Å²) in [4.78, 5) is 2.18. The zero-order chi connectivity index (χ0) is 18.9. The van der Waals surface area contributed by atoms with Crippen molar-refractivity contribution in [3.05, 3.63) is 58.1 Å². The molecule has 0 bridgehead atoms. The summed E-state index contributed by atoms with van der Waals surface area (Å²) in [6.07, 6.45) is 1.11. The first-order chi connectivity index (χ1) is 12.5. The monoisotopic (exact) mass is 376 g/mol. The molecule has 0 aliphatic carbocycles. The van der Waals surface area contributed by atoms with Gasteiger partial charge < -0.3 is 19.7 Å². The molecule has 0 heterocycles. The summed E-state index contributed by atoms with van der Waals surface area (Å²) in [6.45, 7) is 5.32. The molecule has 0 aliphatic heterocycles. The lowest BCUT2D eigenvalue weighted by atomic mass is 10.1. The average molecular weight is 377 g/mol. The summed E-state index contributed by atoms with van der Waals surface area (Å²) in [7, 11) is 5.81. The number of ether oxygens (including phenoxy) is 2. The summed E-state index contributed by atoms with van der Waals surface area (Å²) in [6, 6.07) is 12.1. The Kier molecular flexibility index (Phi) is 8.23. The number of hydrogen-bond donors (Lipinski definition) is 1. The predicted octanol–water partition coefficient (Wildman–Crippen LogP) is 4.28. The quantitative estimate of drug-likeness (QED) is 0.627. The molecule has 0 atom stereocenters. The zero-order valence-corrected chi connectivity index (χ0v) is 16.9. The number of halogens is 1. The molecule has 1 N–H and O–H groups in total. The van der Waals surface area contributed by atoms with Crippen molar-refractivity contribution in [1.82, 2.24) is 10.2 Å². The fourth-order valence-electron chi connectivity index (χ4n) is 2.69. The van der Waals surface area contributed by atoms with Crippen LogP contribution >= 0.6 is 11.6 Å². The second-order valence-corrected chi connectivity index (χ2v) is 7.06. The van der Waals surface area contributed by atoms with Crippen LogP contribution in [-0.4, -0.2) is 39.2 Å². The van der Waals surface area contributed by atoms with Crippen LogP contribution < -0.4 is 14.8 Å². The van der Waals surface area contributed by atoms with Crippen molar-refractivity contribution >= 4 is 11.6 Å². The molecule has 2 aromatic rings. The van der Waals surface area contributed by atoms with E-state index in [1.807, 2.05) is 24.3 Å². The highest BCUT2D eigenvalue weighted by atomic mass is 35.5. The third-order valence-corrected chi connectivity index (χ3v) is 4.49. The number of nitrogens with zero attached hydrogens (tertiary/aromatic N) is 1. The molecule has 0 aliphatic rings. The van der Waals surface area contributed by atoms with Crippen molar-refractivity contribution in [3.8, 4) is 11.5 Å². The lowest BCUT2D eigenvalue weighted by Gasteiger charge is -2.15. The van der Waals surface area contributed by atoms with Gasteiger partial charge in [-0.1, -0.05) is 35.9 Å². The zero-order valence-electron chi connectivity index (χ0n) is 16.1. The van der Waals surface area contributed by atoms with Crippen molar-refractivity contribution in [3.63, 3.8) is 0 Å². The second kappa shape index (κ2) is 10.4. The Morgan fingerprint density at radius 1 is 1.15 bits per heavy atom. The van der Waals surface area contributed by atoms with E-state index in [-0.39, 0.29) is 0 Å². The van der Waals surface area contributed by atoms with Crippen molar-refractivity contribution in [1.29, 1.82) is 0 Å².